The molecule has 6 atom stereocenters. The summed E-state index contributed by atoms with van der Waals surface area (Å²) in [6.45, 7) is 24.9. The molecule has 1 aromatic rings. The first kappa shape index (κ1) is 34.7. The molecule has 9 heteroatoms. The Morgan fingerprint density at radius 2 is 1.73 bits per heavy atom. The van der Waals surface area contributed by atoms with Gasteiger partial charge in [-0.2, -0.15) is 0 Å². The maximum absolute atomic E-state index is 14.9. The van der Waals surface area contributed by atoms with Crippen LogP contribution in [0.15, 0.2) is 49.6 Å². The summed E-state index contributed by atoms with van der Waals surface area (Å²) in [5, 5.41) is 10.1. The number of benzene rings is 1. The number of β-amino-alcohol motifs (C(OH)–C–C–N with tert-alkyl or cyclic N) is 1. The van der Waals surface area contributed by atoms with Crippen molar-refractivity contribution in [2.75, 3.05) is 37.7 Å². The van der Waals surface area contributed by atoms with Crippen LogP contribution in [0.5, 0.6) is 5.75 Å². The van der Waals surface area contributed by atoms with Gasteiger partial charge in [-0.05, 0) is 76.1 Å². The molecule has 3 aliphatic heterocycles. The number of nitrogens with zero attached hydrogens (tertiary/aromatic N) is 3. The largest absolute Gasteiger partial charge is 0.494 e. The number of amides is 3. The third-order valence-electron chi connectivity index (χ3n) is 9.96. The molecule has 4 rings (SSSR count). The number of carbonyl (C=O) groups is 3. The van der Waals surface area contributed by atoms with E-state index in [1.54, 1.807) is 22.0 Å². The molecule has 3 amide bonds. The number of aliphatic hydroxyl groups excluding tert-OH is 1. The van der Waals surface area contributed by atoms with Gasteiger partial charge in [0.05, 0.1) is 30.7 Å². The number of fused-ring (bicyclic) bond motifs is 1. The highest BCUT2D eigenvalue weighted by atomic mass is 16.5. The van der Waals surface area contributed by atoms with Crippen LogP contribution in [-0.4, -0.2) is 88.3 Å². The van der Waals surface area contributed by atoms with Crippen molar-refractivity contribution in [3.63, 3.8) is 0 Å². The summed E-state index contributed by atoms with van der Waals surface area (Å²) in [7, 11) is 0. The van der Waals surface area contributed by atoms with Gasteiger partial charge in [-0.1, -0.05) is 39.8 Å². The average molecular weight is 624 g/mol. The number of hydrogen-bond donors (Lipinski definition) is 1. The Bertz CT molecular complexity index is 1300. The third kappa shape index (κ3) is 5.94. The van der Waals surface area contributed by atoms with Gasteiger partial charge in [-0.15, -0.1) is 13.2 Å². The standard InChI is InChI=1S/C36H53N3O6/c1-11-18-37(25-14-16-26(17-15-25)44-13-3)30(41)27-28-31(42)38(20-21-40)29(36(28)22-24(4)35(27,10)45-36)32(43)39(19-12-2)34(8,9)23-33(5,6)7/h11-12,14-17,24,27-29,40H,1-2,13,18-23H2,3-10H3/t24?,27-,28-,29?,35+,36?/m0/s1. The molecule has 0 saturated carbocycles. The molecule has 1 spiro atoms. The van der Waals surface area contributed by atoms with Gasteiger partial charge in [0, 0.05) is 30.9 Å². The van der Waals surface area contributed by atoms with E-state index in [0.29, 0.717) is 37.4 Å². The molecule has 45 heavy (non-hydrogen) atoms. The first-order valence-electron chi connectivity index (χ1n) is 16.2. The van der Waals surface area contributed by atoms with Crippen LogP contribution in [0.25, 0.3) is 0 Å². The fourth-order valence-corrected chi connectivity index (χ4v) is 8.56. The molecule has 0 radical (unpaired) electrons. The van der Waals surface area contributed by atoms with E-state index in [4.69, 9.17) is 9.47 Å². The van der Waals surface area contributed by atoms with Crippen molar-refractivity contribution < 1.29 is 29.0 Å². The monoisotopic (exact) mass is 623 g/mol. The van der Waals surface area contributed by atoms with E-state index in [9.17, 15) is 19.5 Å². The Hall–Kier alpha value is -3.17. The van der Waals surface area contributed by atoms with Gasteiger partial charge in [0.15, 0.2) is 0 Å². The van der Waals surface area contributed by atoms with Crippen molar-refractivity contribution in [3.8, 4) is 5.75 Å². The summed E-state index contributed by atoms with van der Waals surface area (Å²) in [6.07, 6.45) is 4.53. The highest BCUT2D eigenvalue weighted by molar-refractivity contribution is 6.03. The number of aliphatic hydroxyl groups is 1. The minimum atomic E-state index is -1.21. The summed E-state index contributed by atoms with van der Waals surface area (Å²) >= 11 is 0. The van der Waals surface area contributed by atoms with Crippen LogP contribution < -0.4 is 9.64 Å². The summed E-state index contributed by atoms with van der Waals surface area (Å²) in [6, 6.07) is 6.30. The van der Waals surface area contributed by atoms with Crippen molar-refractivity contribution in [1.82, 2.24) is 9.80 Å². The van der Waals surface area contributed by atoms with Crippen molar-refractivity contribution in [3.05, 3.63) is 49.6 Å². The molecule has 2 bridgehead atoms. The number of anilines is 1. The highest BCUT2D eigenvalue weighted by Gasteiger charge is 2.80. The number of ether oxygens (including phenoxy) is 2. The molecule has 3 fully saturated rings. The first-order valence-corrected chi connectivity index (χ1v) is 16.2. The lowest BCUT2D eigenvalue weighted by molar-refractivity contribution is -0.156. The van der Waals surface area contributed by atoms with Gasteiger partial charge in [-0.3, -0.25) is 14.4 Å². The van der Waals surface area contributed by atoms with Crippen LogP contribution in [0.2, 0.25) is 0 Å². The van der Waals surface area contributed by atoms with E-state index in [2.05, 4.69) is 33.9 Å². The van der Waals surface area contributed by atoms with Gasteiger partial charge >= 0.3 is 0 Å². The van der Waals surface area contributed by atoms with Crippen molar-refractivity contribution in [1.29, 1.82) is 0 Å². The second-order valence-corrected chi connectivity index (χ2v) is 14.9. The van der Waals surface area contributed by atoms with Crippen LogP contribution in [0.1, 0.15) is 68.2 Å². The SMILES string of the molecule is C=CCN(C(=O)[C@@H]1[C@H]2C(=O)N(CCO)C(C(=O)N(CC=C)C(C)(C)CC(C)(C)C)C23CC(C)[C@@]1(C)O3)c1ccc(OCC)cc1. The van der Waals surface area contributed by atoms with Crippen LogP contribution in [-0.2, 0) is 19.1 Å². The predicted molar refractivity (Wildman–Crippen MR) is 176 cm³/mol. The predicted octanol–water partition coefficient (Wildman–Crippen LogP) is 4.84. The van der Waals surface area contributed by atoms with Gasteiger partial charge in [0.1, 0.15) is 17.4 Å². The fraction of sp³-hybridized carbons (Fsp3) is 0.639. The van der Waals surface area contributed by atoms with E-state index in [0.717, 1.165) is 0 Å². The Morgan fingerprint density at radius 3 is 2.27 bits per heavy atom. The van der Waals surface area contributed by atoms with Crippen molar-refractivity contribution in [2.24, 2.45) is 23.2 Å². The van der Waals surface area contributed by atoms with Crippen LogP contribution >= 0.6 is 0 Å². The Balaban J connectivity index is 1.81. The fourth-order valence-electron chi connectivity index (χ4n) is 8.56. The molecule has 3 heterocycles. The van der Waals surface area contributed by atoms with Gasteiger partial charge in [0.25, 0.3) is 0 Å². The Labute approximate surface area is 269 Å². The molecule has 1 N–H and O–H groups in total. The van der Waals surface area contributed by atoms with Crippen molar-refractivity contribution >= 4 is 23.4 Å². The summed E-state index contributed by atoms with van der Waals surface area (Å²) in [5.74, 6) is -1.95. The molecular formula is C36H53N3O6. The highest BCUT2D eigenvalue weighted by Crippen LogP contribution is 2.65. The van der Waals surface area contributed by atoms with Gasteiger partial charge < -0.3 is 29.3 Å². The van der Waals surface area contributed by atoms with Gasteiger partial charge in [0.2, 0.25) is 17.7 Å². The maximum Gasteiger partial charge on any atom is 0.249 e. The van der Waals surface area contributed by atoms with E-state index in [-0.39, 0.29) is 48.8 Å². The number of rotatable bonds is 13. The number of carbonyl (C=O) groups excluding carboxylic acids is 3. The minimum absolute atomic E-state index is 0.0280. The molecule has 0 aliphatic carbocycles. The minimum Gasteiger partial charge on any atom is -0.494 e. The lowest BCUT2D eigenvalue weighted by Crippen LogP contribution is -2.61. The Morgan fingerprint density at radius 1 is 1.11 bits per heavy atom. The Kier molecular flexibility index (Phi) is 9.68. The smallest absolute Gasteiger partial charge is 0.249 e. The van der Waals surface area contributed by atoms with Crippen LogP contribution in [0, 0.1) is 23.2 Å². The normalized spacial score (nSPS) is 29.0. The van der Waals surface area contributed by atoms with Gasteiger partial charge in [-0.25, -0.2) is 0 Å². The second-order valence-electron chi connectivity index (χ2n) is 14.9. The number of likely N-dealkylation sites (tertiary alicyclic amines) is 1. The summed E-state index contributed by atoms with van der Waals surface area (Å²) in [5.41, 5.74) is -2.17. The maximum atomic E-state index is 14.9. The lowest BCUT2D eigenvalue weighted by atomic mass is 9.62. The molecule has 3 aliphatic rings. The van der Waals surface area contributed by atoms with E-state index in [1.807, 2.05) is 58.9 Å². The van der Waals surface area contributed by atoms with Crippen molar-refractivity contribution in [2.45, 2.75) is 91.0 Å². The number of hydrogen-bond acceptors (Lipinski definition) is 6. The third-order valence-corrected chi connectivity index (χ3v) is 9.96. The van der Waals surface area contributed by atoms with E-state index in [1.165, 1.54) is 4.90 Å². The molecule has 3 unspecified atom stereocenters. The summed E-state index contributed by atoms with van der Waals surface area (Å²) < 4.78 is 12.5. The van der Waals surface area contributed by atoms with Crippen LogP contribution in [0.4, 0.5) is 5.69 Å². The molecule has 0 aromatic heterocycles. The first-order chi connectivity index (χ1) is 21.0. The van der Waals surface area contributed by atoms with Crippen LogP contribution in [0.3, 0.4) is 0 Å². The molecule has 1 aromatic carbocycles. The molecule has 9 nitrogen and oxygen atoms in total. The zero-order valence-corrected chi connectivity index (χ0v) is 28.5. The quantitative estimate of drug-likeness (QED) is 0.316. The summed E-state index contributed by atoms with van der Waals surface area (Å²) in [4.78, 5) is 48.9. The lowest BCUT2D eigenvalue weighted by Gasteiger charge is -2.45. The van der Waals surface area contributed by atoms with E-state index >= 15 is 0 Å². The average Bonchev–Trinajstić information content (AvgIpc) is 3.46. The second kappa shape index (κ2) is 12.6. The van der Waals surface area contributed by atoms with E-state index < -0.39 is 34.6 Å². The molecule has 3 saturated heterocycles. The topological polar surface area (TPSA) is 99.6 Å². The molecular weight excluding hydrogens is 570 g/mol. The molecule has 248 valence electrons. The zero-order valence-electron chi connectivity index (χ0n) is 28.5. The zero-order chi connectivity index (χ0) is 33.5.